The smallest absolute Gasteiger partial charge is 0.0740 e. The Hall–Kier alpha value is -0.120. The summed E-state index contributed by atoms with van der Waals surface area (Å²) in [6, 6.07) is 0. The van der Waals surface area contributed by atoms with Gasteiger partial charge in [0.2, 0.25) is 0 Å². The van der Waals surface area contributed by atoms with Crippen molar-refractivity contribution in [3.8, 4) is 0 Å². The van der Waals surface area contributed by atoms with E-state index in [0.717, 1.165) is 38.6 Å². The summed E-state index contributed by atoms with van der Waals surface area (Å²) in [7, 11) is 0. The summed E-state index contributed by atoms with van der Waals surface area (Å²) in [6.07, 6.45) is 4.82. The number of hydrogen-bond acceptors (Lipinski definition) is 3. The summed E-state index contributed by atoms with van der Waals surface area (Å²) in [4.78, 5) is 0. The van der Waals surface area contributed by atoms with Crippen LogP contribution in [-0.2, 0) is 0 Å². The fourth-order valence-corrected chi connectivity index (χ4v) is 2.02. The Labute approximate surface area is 92.9 Å². The summed E-state index contributed by atoms with van der Waals surface area (Å²) in [5, 5.41) is 22.5. The molecule has 3 N–H and O–H groups in total. The lowest BCUT2D eigenvalue weighted by Gasteiger charge is -2.27. The van der Waals surface area contributed by atoms with E-state index in [4.69, 9.17) is 0 Å². The van der Waals surface area contributed by atoms with Crippen LogP contribution >= 0.6 is 0 Å². The van der Waals surface area contributed by atoms with Crippen LogP contribution < -0.4 is 5.32 Å². The molecule has 0 aliphatic heterocycles. The molecule has 0 heterocycles. The minimum absolute atomic E-state index is 0.0694. The second-order valence-electron chi connectivity index (χ2n) is 5.16. The fraction of sp³-hybridized carbons (Fsp3) is 1.00. The molecule has 90 valence electrons. The molecule has 1 aliphatic carbocycles. The van der Waals surface area contributed by atoms with Crippen molar-refractivity contribution in [1.29, 1.82) is 0 Å². The average Bonchev–Trinajstić information content (AvgIpc) is 2.21. The van der Waals surface area contributed by atoms with Crippen LogP contribution in [0, 0.1) is 5.92 Å². The largest absolute Gasteiger partial charge is 0.393 e. The quantitative estimate of drug-likeness (QED) is 0.648. The second kappa shape index (κ2) is 5.83. The molecule has 0 spiro atoms. The SMILES string of the molecule is CCC(C)(O)CNCC1CCC(O)CC1. The van der Waals surface area contributed by atoms with E-state index in [-0.39, 0.29) is 6.10 Å². The van der Waals surface area contributed by atoms with Gasteiger partial charge in [-0.1, -0.05) is 6.92 Å². The Kier molecular flexibility index (Phi) is 5.03. The van der Waals surface area contributed by atoms with Crippen molar-refractivity contribution in [3.63, 3.8) is 0 Å². The molecule has 0 saturated heterocycles. The minimum Gasteiger partial charge on any atom is -0.393 e. The number of aliphatic hydroxyl groups is 2. The third-order valence-corrected chi connectivity index (χ3v) is 3.52. The van der Waals surface area contributed by atoms with Gasteiger partial charge in [-0.25, -0.2) is 0 Å². The van der Waals surface area contributed by atoms with E-state index in [1.54, 1.807) is 0 Å². The zero-order valence-corrected chi connectivity index (χ0v) is 10.00. The van der Waals surface area contributed by atoms with Gasteiger partial charge in [0.25, 0.3) is 0 Å². The highest BCUT2D eigenvalue weighted by Gasteiger charge is 2.21. The highest BCUT2D eigenvalue weighted by molar-refractivity contribution is 4.77. The molecule has 0 amide bonds. The number of rotatable bonds is 5. The first-order valence-corrected chi connectivity index (χ1v) is 6.14. The van der Waals surface area contributed by atoms with Gasteiger partial charge in [-0.3, -0.25) is 0 Å². The van der Waals surface area contributed by atoms with Gasteiger partial charge in [-0.2, -0.15) is 0 Å². The standard InChI is InChI=1S/C12H25NO2/c1-3-12(2,15)9-13-8-10-4-6-11(14)7-5-10/h10-11,13-15H,3-9H2,1-2H3. The highest BCUT2D eigenvalue weighted by Crippen LogP contribution is 2.23. The van der Waals surface area contributed by atoms with Crippen LogP contribution in [0.2, 0.25) is 0 Å². The Morgan fingerprint density at radius 2 is 1.87 bits per heavy atom. The van der Waals surface area contributed by atoms with E-state index in [9.17, 15) is 10.2 Å². The highest BCUT2D eigenvalue weighted by atomic mass is 16.3. The Morgan fingerprint density at radius 1 is 1.27 bits per heavy atom. The van der Waals surface area contributed by atoms with Gasteiger partial charge in [0.15, 0.2) is 0 Å². The predicted octanol–water partition coefficient (Wildman–Crippen LogP) is 1.29. The van der Waals surface area contributed by atoms with Crippen LogP contribution in [0.25, 0.3) is 0 Å². The van der Waals surface area contributed by atoms with Gasteiger partial charge < -0.3 is 15.5 Å². The van der Waals surface area contributed by atoms with Crippen molar-refractivity contribution < 1.29 is 10.2 Å². The normalized spacial score (nSPS) is 31.2. The molecule has 1 saturated carbocycles. The molecule has 1 rings (SSSR count). The van der Waals surface area contributed by atoms with Crippen molar-refractivity contribution in [1.82, 2.24) is 5.32 Å². The van der Waals surface area contributed by atoms with Crippen LogP contribution in [0.1, 0.15) is 46.0 Å². The summed E-state index contributed by atoms with van der Waals surface area (Å²) in [5.74, 6) is 0.682. The van der Waals surface area contributed by atoms with Gasteiger partial charge in [-0.15, -0.1) is 0 Å². The van der Waals surface area contributed by atoms with Crippen LogP contribution in [0.3, 0.4) is 0 Å². The van der Waals surface area contributed by atoms with Crippen LogP contribution in [-0.4, -0.2) is 35.0 Å². The van der Waals surface area contributed by atoms with E-state index in [1.807, 2.05) is 13.8 Å². The molecule has 1 fully saturated rings. The maximum atomic E-state index is 9.79. The molecule has 0 aromatic heterocycles. The second-order valence-corrected chi connectivity index (χ2v) is 5.16. The van der Waals surface area contributed by atoms with Crippen molar-refractivity contribution >= 4 is 0 Å². The van der Waals surface area contributed by atoms with Gasteiger partial charge in [0.05, 0.1) is 11.7 Å². The first kappa shape index (κ1) is 12.9. The molecule has 0 aromatic carbocycles. The van der Waals surface area contributed by atoms with Crippen molar-refractivity contribution in [2.75, 3.05) is 13.1 Å². The third kappa shape index (κ3) is 4.96. The maximum Gasteiger partial charge on any atom is 0.0740 e. The molecule has 1 atom stereocenters. The zero-order valence-electron chi connectivity index (χ0n) is 10.00. The number of aliphatic hydroxyl groups excluding tert-OH is 1. The molecule has 3 nitrogen and oxygen atoms in total. The third-order valence-electron chi connectivity index (χ3n) is 3.52. The number of hydrogen-bond donors (Lipinski definition) is 3. The summed E-state index contributed by atoms with van der Waals surface area (Å²) >= 11 is 0. The van der Waals surface area contributed by atoms with E-state index in [0.29, 0.717) is 12.5 Å². The van der Waals surface area contributed by atoms with Gasteiger partial charge in [0.1, 0.15) is 0 Å². The van der Waals surface area contributed by atoms with Crippen LogP contribution in [0.4, 0.5) is 0 Å². The monoisotopic (exact) mass is 215 g/mol. The van der Waals surface area contributed by atoms with E-state index in [2.05, 4.69) is 5.32 Å². The van der Waals surface area contributed by atoms with Crippen LogP contribution in [0.15, 0.2) is 0 Å². The van der Waals surface area contributed by atoms with E-state index >= 15 is 0 Å². The summed E-state index contributed by atoms with van der Waals surface area (Å²) < 4.78 is 0. The summed E-state index contributed by atoms with van der Waals surface area (Å²) in [6.45, 7) is 5.51. The molecule has 0 bridgehead atoms. The van der Waals surface area contributed by atoms with Gasteiger partial charge >= 0.3 is 0 Å². The minimum atomic E-state index is -0.575. The first-order chi connectivity index (χ1) is 7.03. The predicted molar refractivity (Wildman–Crippen MR) is 61.7 cm³/mol. The Bertz CT molecular complexity index is 174. The molecule has 1 aliphatic rings. The lowest BCUT2D eigenvalue weighted by Crippen LogP contribution is -2.39. The van der Waals surface area contributed by atoms with E-state index in [1.165, 1.54) is 0 Å². The molecule has 3 heteroatoms. The van der Waals surface area contributed by atoms with Crippen molar-refractivity contribution in [2.45, 2.75) is 57.7 Å². The molecule has 1 unspecified atom stereocenters. The zero-order chi connectivity index (χ0) is 11.3. The molecular weight excluding hydrogens is 190 g/mol. The fourth-order valence-electron chi connectivity index (χ4n) is 2.02. The van der Waals surface area contributed by atoms with Gasteiger partial charge in [0, 0.05) is 6.54 Å². The number of nitrogens with one attached hydrogen (secondary N) is 1. The summed E-state index contributed by atoms with van der Waals surface area (Å²) in [5.41, 5.74) is -0.575. The van der Waals surface area contributed by atoms with Crippen molar-refractivity contribution in [2.24, 2.45) is 5.92 Å². The molecular formula is C12H25NO2. The van der Waals surface area contributed by atoms with Crippen molar-refractivity contribution in [3.05, 3.63) is 0 Å². The molecule has 15 heavy (non-hydrogen) atoms. The van der Waals surface area contributed by atoms with Gasteiger partial charge in [-0.05, 0) is 51.5 Å². The Balaban J connectivity index is 2.10. The van der Waals surface area contributed by atoms with E-state index < -0.39 is 5.60 Å². The lowest BCUT2D eigenvalue weighted by molar-refractivity contribution is 0.0525. The molecule has 0 radical (unpaired) electrons. The Morgan fingerprint density at radius 3 is 2.40 bits per heavy atom. The molecule has 0 aromatic rings. The first-order valence-electron chi connectivity index (χ1n) is 6.14. The lowest BCUT2D eigenvalue weighted by atomic mass is 9.87. The maximum absolute atomic E-state index is 9.79. The van der Waals surface area contributed by atoms with Crippen LogP contribution in [0.5, 0.6) is 0 Å². The topological polar surface area (TPSA) is 52.5 Å². The average molecular weight is 215 g/mol.